The van der Waals surface area contributed by atoms with E-state index in [0.717, 1.165) is 22.4 Å². The van der Waals surface area contributed by atoms with E-state index >= 15 is 0 Å². The van der Waals surface area contributed by atoms with Crippen LogP contribution in [0.5, 0.6) is 5.75 Å². The number of amides is 1. The lowest BCUT2D eigenvalue weighted by Gasteiger charge is -2.23. The van der Waals surface area contributed by atoms with E-state index in [0.29, 0.717) is 24.4 Å². The smallest absolute Gasteiger partial charge is 0.251 e. The summed E-state index contributed by atoms with van der Waals surface area (Å²) in [6, 6.07) is 21.9. The van der Waals surface area contributed by atoms with Crippen LogP contribution in [0.15, 0.2) is 72.8 Å². The minimum atomic E-state index is -3.47. The van der Waals surface area contributed by atoms with Gasteiger partial charge in [-0.2, -0.15) is 0 Å². The fourth-order valence-electron chi connectivity index (χ4n) is 3.33. The third-order valence-corrected chi connectivity index (χ3v) is 6.08. The van der Waals surface area contributed by atoms with E-state index in [9.17, 15) is 13.2 Å². The van der Waals surface area contributed by atoms with Crippen molar-refractivity contribution in [2.45, 2.75) is 26.9 Å². The van der Waals surface area contributed by atoms with Crippen LogP contribution in [0.4, 0.5) is 5.69 Å². The van der Waals surface area contributed by atoms with Crippen LogP contribution in [0, 0.1) is 6.92 Å². The number of sulfonamides is 1. The molecule has 7 heteroatoms. The van der Waals surface area contributed by atoms with Crippen LogP contribution in [-0.2, 0) is 23.1 Å². The maximum Gasteiger partial charge on any atom is 0.251 e. The summed E-state index contributed by atoms with van der Waals surface area (Å²) in [6.07, 6.45) is 1.19. The predicted molar refractivity (Wildman–Crippen MR) is 127 cm³/mol. The molecule has 0 saturated carbocycles. The molecule has 0 aliphatic heterocycles. The SMILES string of the molecule is CCOc1ccccc1CNC(=O)c1ccc(CN(c2cccc(C)c2)S(C)(=O)=O)cc1. The number of benzene rings is 3. The molecule has 0 radical (unpaired) electrons. The summed E-state index contributed by atoms with van der Waals surface area (Å²) in [7, 11) is -3.47. The molecule has 0 bridgehead atoms. The van der Waals surface area contributed by atoms with Gasteiger partial charge in [0.1, 0.15) is 5.75 Å². The predicted octanol–water partition coefficient (Wildman–Crippen LogP) is 4.29. The zero-order valence-corrected chi connectivity index (χ0v) is 19.4. The maximum atomic E-state index is 12.6. The van der Waals surface area contributed by atoms with Gasteiger partial charge in [-0.3, -0.25) is 9.10 Å². The average molecular weight is 453 g/mol. The number of rotatable bonds is 9. The molecule has 0 spiro atoms. The number of anilines is 1. The third-order valence-electron chi connectivity index (χ3n) is 4.94. The number of hydrogen-bond acceptors (Lipinski definition) is 4. The van der Waals surface area contributed by atoms with Crippen molar-refractivity contribution >= 4 is 21.6 Å². The van der Waals surface area contributed by atoms with Gasteiger partial charge in [0, 0.05) is 17.7 Å². The van der Waals surface area contributed by atoms with Crippen LogP contribution in [-0.4, -0.2) is 27.2 Å². The Labute approximate surface area is 189 Å². The van der Waals surface area contributed by atoms with E-state index in [4.69, 9.17) is 4.74 Å². The van der Waals surface area contributed by atoms with Crippen molar-refractivity contribution in [2.75, 3.05) is 17.2 Å². The molecule has 3 rings (SSSR count). The maximum absolute atomic E-state index is 12.6. The van der Waals surface area contributed by atoms with Crippen LogP contribution in [0.1, 0.15) is 34.0 Å². The number of nitrogens with zero attached hydrogens (tertiary/aromatic N) is 1. The Morgan fingerprint density at radius 3 is 2.38 bits per heavy atom. The first kappa shape index (κ1) is 23.3. The molecule has 168 valence electrons. The highest BCUT2D eigenvalue weighted by Gasteiger charge is 2.18. The topological polar surface area (TPSA) is 75.7 Å². The van der Waals surface area contributed by atoms with Gasteiger partial charge >= 0.3 is 0 Å². The molecule has 1 amide bonds. The quantitative estimate of drug-likeness (QED) is 0.526. The zero-order chi connectivity index (χ0) is 23.1. The van der Waals surface area contributed by atoms with Gasteiger partial charge in [-0.15, -0.1) is 0 Å². The zero-order valence-electron chi connectivity index (χ0n) is 18.5. The summed E-state index contributed by atoms with van der Waals surface area (Å²) >= 11 is 0. The monoisotopic (exact) mass is 452 g/mol. The minimum Gasteiger partial charge on any atom is -0.494 e. The Morgan fingerprint density at radius 2 is 1.72 bits per heavy atom. The second-order valence-electron chi connectivity index (χ2n) is 7.53. The molecule has 3 aromatic rings. The molecule has 6 nitrogen and oxygen atoms in total. The first-order valence-corrected chi connectivity index (χ1v) is 12.2. The van der Waals surface area contributed by atoms with Gasteiger partial charge in [-0.05, 0) is 55.3 Å². The van der Waals surface area contributed by atoms with Crippen LogP contribution in [0.3, 0.4) is 0 Å². The van der Waals surface area contributed by atoms with Gasteiger partial charge in [-0.1, -0.05) is 42.5 Å². The normalized spacial score (nSPS) is 11.1. The molecule has 3 aromatic carbocycles. The highest BCUT2D eigenvalue weighted by Crippen LogP contribution is 2.22. The Kier molecular flexibility index (Phi) is 7.53. The van der Waals surface area contributed by atoms with Crippen LogP contribution in [0.2, 0.25) is 0 Å². The molecule has 32 heavy (non-hydrogen) atoms. The Hall–Kier alpha value is -3.32. The molecular weight excluding hydrogens is 424 g/mol. The van der Waals surface area contributed by atoms with Gasteiger partial charge in [-0.25, -0.2) is 8.42 Å². The fraction of sp³-hybridized carbons (Fsp3) is 0.240. The van der Waals surface area contributed by atoms with Crippen LogP contribution in [0.25, 0.3) is 0 Å². The number of carbonyl (C=O) groups is 1. The molecular formula is C25H28N2O4S. The lowest BCUT2D eigenvalue weighted by Crippen LogP contribution is -2.29. The minimum absolute atomic E-state index is 0.186. The van der Waals surface area contributed by atoms with E-state index in [1.807, 2.05) is 56.3 Å². The Balaban J connectivity index is 1.69. The lowest BCUT2D eigenvalue weighted by molar-refractivity contribution is 0.0950. The van der Waals surface area contributed by atoms with Crippen molar-refractivity contribution in [3.05, 3.63) is 95.1 Å². The van der Waals surface area contributed by atoms with Gasteiger partial charge < -0.3 is 10.1 Å². The molecule has 0 aliphatic carbocycles. The summed E-state index contributed by atoms with van der Waals surface area (Å²) in [5.74, 6) is 0.546. The van der Waals surface area contributed by atoms with Gasteiger partial charge in [0.2, 0.25) is 10.0 Å². The molecule has 0 atom stereocenters. The molecule has 0 saturated heterocycles. The van der Waals surface area contributed by atoms with Crippen LogP contribution >= 0.6 is 0 Å². The lowest BCUT2D eigenvalue weighted by atomic mass is 10.1. The van der Waals surface area contributed by atoms with Crippen LogP contribution < -0.4 is 14.4 Å². The third kappa shape index (κ3) is 6.11. The number of hydrogen-bond donors (Lipinski definition) is 1. The van der Waals surface area contributed by atoms with Crippen molar-refractivity contribution in [1.82, 2.24) is 5.32 Å². The van der Waals surface area contributed by atoms with Crippen molar-refractivity contribution < 1.29 is 17.9 Å². The first-order chi connectivity index (χ1) is 15.3. The standard InChI is InChI=1S/C25H28N2O4S/c1-4-31-24-11-6-5-9-22(24)17-26-25(28)21-14-12-20(13-15-21)18-27(32(3,29)30)23-10-7-8-19(2)16-23/h5-16H,4,17-18H2,1-3H3,(H,26,28). The summed E-state index contributed by atoms with van der Waals surface area (Å²) in [6.45, 7) is 4.93. The van der Waals surface area contributed by atoms with E-state index in [2.05, 4.69) is 5.32 Å². The van der Waals surface area contributed by atoms with Crippen molar-refractivity contribution in [1.29, 1.82) is 0 Å². The summed E-state index contributed by atoms with van der Waals surface area (Å²) < 4.78 is 31.7. The highest BCUT2D eigenvalue weighted by molar-refractivity contribution is 7.92. The molecule has 0 heterocycles. The number of aryl methyl sites for hydroxylation is 1. The first-order valence-electron chi connectivity index (χ1n) is 10.4. The fourth-order valence-corrected chi connectivity index (χ4v) is 4.21. The summed E-state index contributed by atoms with van der Waals surface area (Å²) in [5, 5.41) is 2.91. The van der Waals surface area contributed by atoms with Crippen molar-refractivity contribution in [2.24, 2.45) is 0 Å². The van der Waals surface area contributed by atoms with E-state index in [1.165, 1.54) is 10.6 Å². The molecule has 0 unspecified atom stereocenters. The molecule has 0 aromatic heterocycles. The Bertz CT molecular complexity index is 1170. The van der Waals surface area contributed by atoms with Gasteiger partial charge in [0.25, 0.3) is 5.91 Å². The Morgan fingerprint density at radius 1 is 1.00 bits per heavy atom. The molecule has 0 aliphatic rings. The average Bonchev–Trinajstić information content (AvgIpc) is 2.76. The number of para-hydroxylation sites is 1. The summed E-state index contributed by atoms with van der Waals surface area (Å²) in [4.78, 5) is 12.6. The second-order valence-corrected chi connectivity index (χ2v) is 9.44. The molecule has 0 fully saturated rings. The van der Waals surface area contributed by atoms with Crippen molar-refractivity contribution in [3.63, 3.8) is 0 Å². The number of nitrogens with one attached hydrogen (secondary N) is 1. The van der Waals surface area contributed by atoms with E-state index in [1.54, 1.807) is 30.3 Å². The van der Waals surface area contributed by atoms with Gasteiger partial charge in [0.15, 0.2) is 0 Å². The second kappa shape index (κ2) is 10.3. The summed E-state index contributed by atoms with van der Waals surface area (Å²) in [5.41, 5.74) is 3.79. The number of carbonyl (C=O) groups excluding carboxylic acids is 1. The highest BCUT2D eigenvalue weighted by atomic mass is 32.2. The number of ether oxygens (including phenoxy) is 1. The largest absolute Gasteiger partial charge is 0.494 e. The molecule has 1 N–H and O–H groups in total. The van der Waals surface area contributed by atoms with Gasteiger partial charge in [0.05, 0.1) is 25.1 Å². The van der Waals surface area contributed by atoms with E-state index < -0.39 is 10.0 Å². The van der Waals surface area contributed by atoms with E-state index in [-0.39, 0.29) is 12.5 Å². The van der Waals surface area contributed by atoms with Crippen molar-refractivity contribution in [3.8, 4) is 5.75 Å².